The van der Waals surface area contributed by atoms with Gasteiger partial charge in [0.2, 0.25) is 10.0 Å². The predicted octanol–water partition coefficient (Wildman–Crippen LogP) is 3.67. The van der Waals surface area contributed by atoms with Gasteiger partial charge in [-0.25, -0.2) is 8.42 Å². The molecular formula is C23H28N2O5S. The van der Waals surface area contributed by atoms with Crippen molar-refractivity contribution < 1.29 is 22.7 Å². The molecule has 1 N–H and O–H groups in total. The first-order chi connectivity index (χ1) is 15.0. The molecule has 0 bridgehead atoms. The third-order valence-corrected chi connectivity index (χ3v) is 7.60. The third-order valence-electron chi connectivity index (χ3n) is 5.64. The number of nitrogens with zero attached hydrogens (tertiary/aromatic N) is 1. The van der Waals surface area contributed by atoms with E-state index < -0.39 is 10.0 Å². The molecule has 2 heterocycles. The molecule has 1 atom stereocenters. The molecule has 166 valence electrons. The summed E-state index contributed by atoms with van der Waals surface area (Å²) in [7, 11) is -3.66. The molecule has 2 fully saturated rings. The van der Waals surface area contributed by atoms with E-state index in [1.54, 1.807) is 48.5 Å². The van der Waals surface area contributed by atoms with Crippen LogP contribution in [0.15, 0.2) is 53.4 Å². The van der Waals surface area contributed by atoms with Crippen molar-refractivity contribution in [2.24, 2.45) is 0 Å². The van der Waals surface area contributed by atoms with E-state index in [0.717, 1.165) is 38.7 Å². The van der Waals surface area contributed by atoms with E-state index in [-0.39, 0.29) is 22.6 Å². The van der Waals surface area contributed by atoms with Gasteiger partial charge < -0.3 is 14.8 Å². The lowest BCUT2D eigenvalue weighted by atomic mass is 10.2. The normalized spacial score (nSPS) is 19.8. The molecule has 4 rings (SSSR count). The van der Waals surface area contributed by atoms with Crippen molar-refractivity contribution in [1.82, 2.24) is 4.31 Å². The first-order valence-electron chi connectivity index (χ1n) is 10.8. The van der Waals surface area contributed by atoms with E-state index in [9.17, 15) is 13.2 Å². The number of ether oxygens (including phenoxy) is 2. The number of hydrogen-bond acceptors (Lipinski definition) is 5. The number of carbonyl (C=O) groups excluding carboxylic acids is 1. The van der Waals surface area contributed by atoms with Crippen LogP contribution in [0.1, 0.15) is 42.5 Å². The highest BCUT2D eigenvalue weighted by atomic mass is 32.2. The van der Waals surface area contributed by atoms with E-state index in [4.69, 9.17) is 9.47 Å². The number of para-hydroxylation sites is 1. The van der Waals surface area contributed by atoms with Gasteiger partial charge in [-0.05, 0) is 62.1 Å². The van der Waals surface area contributed by atoms with E-state index in [2.05, 4.69) is 5.32 Å². The number of hydrogen-bond donors (Lipinski definition) is 1. The zero-order valence-electron chi connectivity index (χ0n) is 17.5. The van der Waals surface area contributed by atoms with Crippen molar-refractivity contribution in [2.75, 3.05) is 31.6 Å². The molecule has 1 amide bonds. The van der Waals surface area contributed by atoms with Crippen LogP contribution in [0.25, 0.3) is 0 Å². The minimum Gasteiger partial charge on any atom is -0.491 e. The van der Waals surface area contributed by atoms with Crippen LogP contribution in [0.4, 0.5) is 5.69 Å². The van der Waals surface area contributed by atoms with Gasteiger partial charge in [0.15, 0.2) is 0 Å². The van der Waals surface area contributed by atoms with Crippen LogP contribution in [-0.2, 0) is 14.8 Å². The van der Waals surface area contributed by atoms with Gasteiger partial charge in [-0.1, -0.05) is 18.6 Å². The lowest BCUT2D eigenvalue weighted by molar-refractivity contribution is 0.0679. The Morgan fingerprint density at radius 3 is 2.48 bits per heavy atom. The molecule has 8 heteroatoms. The topological polar surface area (TPSA) is 84.9 Å². The van der Waals surface area contributed by atoms with Crippen molar-refractivity contribution >= 4 is 21.6 Å². The molecule has 0 aliphatic carbocycles. The van der Waals surface area contributed by atoms with E-state index >= 15 is 0 Å². The number of amides is 1. The second-order valence-electron chi connectivity index (χ2n) is 7.89. The molecule has 0 spiro atoms. The SMILES string of the molecule is O=C(Nc1ccccc1S(=O)(=O)N1CCCCC1)c1ccc(OCC2CCCO2)cc1. The maximum Gasteiger partial charge on any atom is 0.255 e. The van der Waals surface area contributed by atoms with Crippen LogP contribution in [0.5, 0.6) is 5.75 Å². The summed E-state index contributed by atoms with van der Waals surface area (Å²) in [6, 6.07) is 13.4. The third kappa shape index (κ3) is 5.26. The minimum atomic E-state index is -3.66. The van der Waals surface area contributed by atoms with Gasteiger partial charge in [0.05, 0.1) is 11.8 Å². The molecule has 0 saturated carbocycles. The van der Waals surface area contributed by atoms with E-state index in [1.165, 1.54) is 4.31 Å². The molecule has 2 aliphatic heterocycles. The van der Waals surface area contributed by atoms with Crippen molar-refractivity contribution in [3.05, 3.63) is 54.1 Å². The van der Waals surface area contributed by atoms with Crippen LogP contribution in [0.2, 0.25) is 0 Å². The fraction of sp³-hybridized carbons (Fsp3) is 0.435. The Kier molecular flexibility index (Phi) is 6.89. The lowest BCUT2D eigenvalue weighted by Crippen LogP contribution is -2.36. The first-order valence-corrected chi connectivity index (χ1v) is 12.2. The maximum absolute atomic E-state index is 13.1. The Morgan fingerprint density at radius 1 is 1.03 bits per heavy atom. The van der Waals surface area contributed by atoms with Gasteiger partial charge in [0, 0.05) is 25.3 Å². The monoisotopic (exact) mass is 444 g/mol. The molecular weight excluding hydrogens is 416 g/mol. The Hall–Kier alpha value is -2.42. The van der Waals surface area contributed by atoms with E-state index in [1.807, 2.05) is 0 Å². The molecule has 31 heavy (non-hydrogen) atoms. The zero-order valence-corrected chi connectivity index (χ0v) is 18.3. The Balaban J connectivity index is 1.44. The number of rotatable bonds is 7. The van der Waals surface area contributed by atoms with E-state index in [0.29, 0.717) is 31.0 Å². The summed E-state index contributed by atoms with van der Waals surface area (Å²) in [6.45, 7) is 2.30. The quantitative estimate of drug-likeness (QED) is 0.704. The molecule has 2 saturated heterocycles. The van der Waals surface area contributed by atoms with Crippen molar-refractivity contribution in [3.8, 4) is 5.75 Å². The molecule has 2 aliphatic rings. The molecule has 2 aromatic carbocycles. The molecule has 7 nitrogen and oxygen atoms in total. The Labute approximate surface area is 183 Å². The second-order valence-corrected chi connectivity index (χ2v) is 9.79. The summed E-state index contributed by atoms with van der Waals surface area (Å²) in [5.41, 5.74) is 0.714. The number of piperidine rings is 1. The zero-order chi connectivity index (χ0) is 21.7. The van der Waals surface area contributed by atoms with Crippen LogP contribution in [-0.4, -0.2) is 51.0 Å². The van der Waals surface area contributed by atoms with Gasteiger partial charge in [-0.2, -0.15) is 4.31 Å². The van der Waals surface area contributed by atoms with Crippen molar-refractivity contribution in [3.63, 3.8) is 0 Å². The van der Waals surface area contributed by atoms with Gasteiger partial charge in [0.1, 0.15) is 17.3 Å². The highest BCUT2D eigenvalue weighted by Crippen LogP contribution is 2.27. The van der Waals surface area contributed by atoms with Crippen molar-refractivity contribution in [1.29, 1.82) is 0 Å². The highest BCUT2D eigenvalue weighted by Gasteiger charge is 2.28. The first kappa shape index (κ1) is 21.8. The number of sulfonamides is 1. The average Bonchev–Trinajstić information content (AvgIpc) is 3.33. The maximum atomic E-state index is 13.1. The predicted molar refractivity (Wildman–Crippen MR) is 118 cm³/mol. The standard InChI is InChI=1S/C23H28N2O5S/c26-23(18-10-12-19(13-11-18)30-17-20-7-6-16-29-20)24-21-8-2-3-9-22(21)31(27,28)25-14-4-1-5-15-25/h2-3,8-13,20H,1,4-7,14-17H2,(H,24,26). The van der Waals surface area contributed by atoms with Crippen molar-refractivity contribution in [2.45, 2.75) is 43.1 Å². The van der Waals surface area contributed by atoms with Gasteiger partial charge >= 0.3 is 0 Å². The summed E-state index contributed by atoms with van der Waals surface area (Å²) >= 11 is 0. The summed E-state index contributed by atoms with van der Waals surface area (Å²) in [5.74, 6) is 0.298. The largest absolute Gasteiger partial charge is 0.491 e. The fourth-order valence-electron chi connectivity index (χ4n) is 3.90. The van der Waals surface area contributed by atoms with Gasteiger partial charge in [-0.15, -0.1) is 0 Å². The minimum absolute atomic E-state index is 0.126. The van der Waals surface area contributed by atoms with Gasteiger partial charge in [-0.3, -0.25) is 4.79 Å². The summed E-state index contributed by atoms with van der Waals surface area (Å²) in [6.07, 6.45) is 4.94. The number of benzene rings is 2. The molecule has 1 unspecified atom stereocenters. The summed E-state index contributed by atoms with van der Waals surface area (Å²) in [4.78, 5) is 12.9. The van der Waals surface area contributed by atoms with Gasteiger partial charge in [0.25, 0.3) is 5.91 Å². The van der Waals surface area contributed by atoms with Crippen LogP contribution < -0.4 is 10.1 Å². The fourth-order valence-corrected chi connectivity index (χ4v) is 5.57. The summed E-state index contributed by atoms with van der Waals surface area (Å²) < 4.78 is 39.0. The van der Waals surface area contributed by atoms with Crippen LogP contribution in [0, 0.1) is 0 Å². The molecule has 2 aromatic rings. The van der Waals surface area contributed by atoms with Crippen LogP contribution in [0.3, 0.4) is 0 Å². The average molecular weight is 445 g/mol. The number of carbonyl (C=O) groups is 1. The summed E-state index contributed by atoms with van der Waals surface area (Å²) in [5, 5.41) is 2.76. The number of anilines is 1. The Bertz CT molecular complexity index is 995. The number of nitrogens with one attached hydrogen (secondary N) is 1. The highest BCUT2D eigenvalue weighted by molar-refractivity contribution is 7.89. The Morgan fingerprint density at radius 2 is 1.77 bits per heavy atom. The molecule has 0 radical (unpaired) electrons. The smallest absolute Gasteiger partial charge is 0.255 e. The lowest BCUT2D eigenvalue weighted by Gasteiger charge is -2.26. The molecule has 0 aromatic heterocycles. The second kappa shape index (κ2) is 9.80. The van der Waals surface area contributed by atoms with Crippen LogP contribution >= 0.6 is 0 Å².